The van der Waals surface area contributed by atoms with Gasteiger partial charge in [0.25, 0.3) is 11.4 Å². The summed E-state index contributed by atoms with van der Waals surface area (Å²) >= 11 is 0. The number of nitrogens with zero attached hydrogens (tertiary/aromatic N) is 7. The summed E-state index contributed by atoms with van der Waals surface area (Å²) < 4.78 is 15.3. The van der Waals surface area contributed by atoms with E-state index >= 15 is 0 Å². The van der Waals surface area contributed by atoms with Crippen molar-refractivity contribution < 1.29 is 4.39 Å². The zero-order valence-electron chi connectivity index (χ0n) is 20.3. The molecule has 1 aliphatic heterocycles. The number of anilines is 1. The van der Waals surface area contributed by atoms with Crippen LogP contribution < -0.4 is 10.5 Å². The van der Waals surface area contributed by atoms with Crippen molar-refractivity contribution in [2.45, 2.75) is 32.0 Å². The Morgan fingerprint density at radius 3 is 2.47 bits per heavy atom. The molecule has 0 spiro atoms. The number of piperazine rings is 1. The third-order valence-corrected chi connectivity index (χ3v) is 6.86. The van der Waals surface area contributed by atoms with E-state index in [0.717, 1.165) is 11.3 Å². The number of hydrogen-bond donors (Lipinski definition) is 0. The van der Waals surface area contributed by atoms with Gasteiger partial charge in [-0.05, 0) is 49.7 Å². The zero-order valence-corrected chi connectivity index (χ0v) is 20.3. The lowest BCUT2D eigenvalue weighted by Gasteiger charge is -2.47. The van der Waals surface area contributed by atoms with Gasteiger partial charge in [-0.25, -0.2) is 14.4 Å². The highest BCUT2D eigenvalue weighted by Crippen LogP contribution is 2.35. The standard InChI is InChI=1S/C27H26FN7O/c1-17-16-35(26(27-30-12-5-13-31-27)19-6-8-20(28)9-7-19)18(2)15-34(17)22-14-24(36)33(4)21-10-11-23(29-3)32-25(21)22/h5-14,17-18,26H,15-16H2,1-2,4H3/t17-,18+,26?/m0/s1. The van der Waals surface area contributed by atoms with Gasteiger partial charge in [0.1, 0.15) is 11.6 Å². The maximum Gasteiger partial charge on any atom is 0.270 e. The van der Waals surface area contributed by atoms with Crippen molar-refractivity contribution in [3.63, 3.8) is 0 Å². The Hall–Kier alpha value is -4.16. The Bertz CT molecular complexity index is 1500. The predicted octanol–water partition coefficient (Wildman–Crippen LogP) is 4.10. The first kappa shape index (κ1) is 23.6. The van der Waals surface area contributed by atoms with E-state index in [4.69, 9.17) is 6.57 Å². The molecule has 3 atom stereocenters. The second kappa shape index (κ2) is 9.47. The molecule has 8 nitrogen and oxygen atoms in total. The minimum atomic E-state index is -0.290. The topological polar surface area (TPSA) is 71.5 Å². The number of hydrogen-bond acceptors (Lipinski definition) is 6. The fourth-order valence-electron chi connectivity index (χ4n) is 5.02. The first-order valence-electron chi connectivity index (χ1n) is 11.8. The third kappa shape index (κ3) is 4.20. The smallest absolute Gasteiger partial charge is 0.270 e. The molecule has 0 N–H and O–H groups in total. The summed E-state index contributed by atoms with van der Waals surface area (Å²) in [6, 6.07) is 13.1. The summed E-state index contributed by atoms with van der Waals surface area (Å²) in [6.07, 6.45) is 3.44. The maximum atomic E-state index is 13.7. The number of halogens is 1. The summed E-state index contributed by atoms with van der Waals surface area (Å²) in [5, 5.41) is 0. The van der Waals surface area contributed by atoms with Crippen LogP contribution in [-0.2, 0) is 7.05 Å². The second-order valence-electron chi connectivity index (χ2n) is 9.18. The fourth-order valence-corrected chi connectivity index (χ4v) is 5.02. The van der Waals surface area contributed by atoms with Gasteiger partial charge >= 0.3 is 0 Å². The Morgan fingerprint density at radius 2 is 1.78 bits per heavy atom. The van der Waals surface area contributed by atoms with Crippen LogP contribution in [0.15, 0.2) is 65.7 Å². The minimum absolute atomic E-state index is 0.0153. The molecule has 1 saturated heterocycles. The number of aromatic nitrogens is 4. The molecule has 9 heteroatoms. The van der Waals surface area contributed by atoms with E-state index < -0.39 is 0 Å². The molecule has 0 amide bonds. The summed E-state index contributed by atoms with van der Waals surface area (Å²) in [6.45, 7) is 12.9. The van der Waals surface area contributed by atoms with Gasteiger partial charge in [0.15, 0.2) is 0 Å². The van der Waals surface area contributed by atoms with Gasteiger partial charge < -0.3 is 14.3 Å². The normalized spacial score (nSPS) is 19.2. The number of benzene rings is 1. The van der Waals surface area contributed by atoms with Crippen LogP contribution in [0.1, 0.15) is 31.3 Å². The van der Waals surface area contributed by atoms with E-state index in [1.54, 1.807) is 60.4 Å². The van der Waals surface area contributed by atoms with Gasteiger partial charge in [0, 0.05) is 50.7 Å². The highest BCUT2D eigenvalue weighted by Gasteiger charge is 2.37. The molecule has 5 rings (SSSR count). The summed E-state index contributed by atoms with van der Waals surface area (Å²) in [7, 11) is 1.71. The van der Waals surface area contributed by atoms with Crippen molar-refractivity contribution in [2.75, 3.05) is 18.0 Å². The van der Waals surface area contributed by atoms with Crippen LogP contribution in [0.25, 0.3) is 15.9 Å². The van der Waals surface area contributed by atoms with E-state index in [1.165, 1.54) is 12.1 Å². The first-order chi connectivity index (χ1) is 17.4. The molecule has 0 aliphatic carbocycles. The molecule has 0 radical (unpaired) electrons. The molecule has 0 saturated carbocycles. The van der Waals surface area contributed by atoms with E-state index in [-0.39, 0.29) is 29.5 Å². The maximum absolute atomic E-state index is 13.7. The first-order valence-corrected chi connectivity index (χ1v) is 11.8. The fraction of sp³-hybridized carbons (Fsp3) is 0.296. The highest BCUT2D eigenvalue weighted by atomic mass is 19.1. The van der Waals surface area contributed by atoms with Gasteiger partial charge in [0.05, 0.1) is 17.2 Å². The average Bonchev–Trinajstić information content (AvgIpc) is 2.89. The van der Waals surface area contributed by atoms with E-state index in [1.807, 2.05) is 0 Å². The molecule has 1 aliphatic rings. The minimum Gasteiger partial charge on any atom is -0.362 e. The van der Waals surface area contributed by atoms with Crippen molar-refractivity contribution in [1.82, 2.24) is 24.4 Å². The van der Waals surface area contributed by atoms with Crippen LogP contribution in [0.5, 0.6) is 0 Å². The van der Waals surface area contributed by atoms with E-state index in [2.05, 4.69) is 43.4 Å². The molecular formula is C27H26FN7O. The van der Waals surface area contributed by atoms with Gasteiger partial charge in [-0.15, -0.1) is 4.98 Å². The lowest BCUT2D eigenvalue weighted by Crippen LogP contribution is -2.57. The molecule has 36 heavy (non-hydrogen) atoms. The van der Waals surface area contributed by atoms with Crippen molar-refractivity contribution in [2.24, 2.45) is 7.05 Å². The van der Waals surface area contributed by atoms with Crippen molar-refractivity contribution in [3.05, 3.63) is 99.9 Å². The molecule has 3 aromatic heterocycles. The number of aryl methyl sites for hydroxylation is 1. The lowest BCUT2D eigenvalue weighted by atomic mass is 9.98. The number of pyridine rings is 2. The molecule has 1 aromatic carbocycles. The molecule has 4 aromatic rings. The van der Waals surface area contributed by atoms with Crippen LogP contribution in [0.4, 0.5) is 15.9 Å². The van der Waals surface area contributed by atoms with Gasteiger partial charge in [-0.3, -0.25) is 9.69 Å². The number of fused-ring (bicyclic) bond motifs is 1. The van der Waals surface area contributed by atoms with Crippen molar-refractivity contribution in [3.8, 4) is 0 Å². The van der Waals surface area contributed by atoms with Crippen molar-refractivity contribution in [1.29, 1.82) is 0 Å². The number of rotatable bonds is 4. The van der Waals surface area contributed by atoms with E-state index in [0.29, 0.717) is 35.8 Å². The van der Waals surface area contributed by atoms with Crippen LogP contribution >= 0.6 is 0 Å². The molecule has 1 unspecified atom stereocenters. The van der Waals surface area contributed by atoms with Crippen molar-refractivity contribution >= 4 is 22.5 Å². The molecule has 0 bridgehead atoms. The molecular weight excluding hydrogens is 457 g/mol. The second-order valence-corrected chi connectivity index (χ2v) is 9.18. The van der Waals surface area contributed by atoms with Gasteiger partial charge in [-0.1, -0.05) is 18.7 Å². The highest BCUT2D eigenvalue weighted by molar-refractivity contribution is 5.89. The quantitative estimate of drug-likeness (QED) is 0.407. The van der Waals surface area contributed by atoms with Crippen LogP contribution in [0, 0.1) is 12.4 Å². The summed E-state index contributed by atoms with van der Waals surface area (Å²) in [5.41, 5.74) is 2.84. The Balaban J connectivity index is 1.55. The summed E-state index contributed by atoms with van der Waals surface area (Å²) in [5.74, 6) is 0.653. The lowest BCUT2D eigenvalue weighted by molar-refractivity contribution is 0.125. The zero-order chi connectivity index (χ0) is 25.4. The molecule has 1 fully saturated rings. The largest absolute Gasteiger partial charge is 0.362 e. The molecule has 182 valence electrons. The monoisotopic (exact) mass is 483 g/mol. The van der Waals surface area contributed by atoms with Crippen LogP contribution in [0.2, 0.25) is 0 Å². The third-order valence-electron chi connectivity index (χ3n) is 6.86. The summed E-state index contributed by atoms with van der Waals surface area (Å²) in [4.78, 5) is 34.4. The SMILES string of the molecule is [C-]#[N+]c1ccc2c(n1)c(N1C[C@@H](C)N(C(c3ccc(F)cc3)c3ncccn3)C[C@@H]1C)cc(=O)n2C. The van der Waals surface area contributed by atoms with Crippen LogP contribution in [-0.4, -0.2) is 49.6 Å². The van der Waals surface area contributed by atoms with Gasteiger partial charge in [0.2, 0.25) is 5.52 Å². The predicted molar refractivity (Wildman–Crippen MR) is 136 cm³/mol. The Kier molecular flexibility index (Phi) is 6.20. The average molecular weight is 484 g/mol. The molecule has 4 heterocycles. The Labute approximate surface area is 208 Å². The van der Waals surface area contributed by atoms with Gasteiger partial charge in [-0.2, -0.15) is 0 Å². The van der Waals surface area contributed by atoms with E-state index in [9.17, 15) is 9.18 Å². The Morgan fingerprint density at radius 1 is 1.06 bits per heavy atom. The van der Waals surface area contributed by atoms with Crippen LogP contribution in [0.3, 0.4) is 0 Å².